The Balaban J connectivity index is 1.99. The van der Waals surface area contributed by atoms with Gasteiger partial charge in [-0.1, -0.05) is 54.6 Å². The van der Waals surface area contributed by atoms with Crippen molar-refractivity contribution in [1.29, 1.82) is 0 Å². The molecule has 0 aliphatic heterocycles. The fraction of sp³-hybridized carbons (Fsp3) is 0.238. The highest BCUT2D eigenvalue weighted by atomic mass is 19.1. The molecule has 0 heterocycles. The van der Waals surface area contributed by atoms with Gasteiger partial charge in [-0.3, -0.25) is 0 Å². The molecular formula is C21H22FNO. The number of hydrogen-bond acceptors (Lipinski definition) is 2. The van der Waals surface area contributed by atoms with Crippen LogP contribution in [0.15, 0.2) is 66.7 Å². The number of likely N-dealkylation sites (N-methyl/N-ethyl adjacent to an activating group) is 1. The molecule has 2 atom stereocenters. The Morgan fingerprint density at radius 2 is 1.50 bits per heavy atom. The first-order chi connectivity index (χ1) is 11.5. The first-order valence-electron chi connectivity index (χ1n) is 8.11. The Morgan fingerprint density at radius 3 is 2.17 bits per heavy atom. The van der Waals surface area contributed by atoms with Crippen molar-refractivity contribution >= 4 is 10.8 Å². The van der Waals surface area contributed by atoms with Crippen molar-refractivity contribution < 1.29 is 9.50 Å². The number of benzene rings is 3. The highest BCUT2D eigenvalue weighted by molar-refractivity contribution is 5.83. The molecule has 0 saturated heterocycles. The molecule has 124 valence electrons. The van der Waals surface area contributed by atoms with Gasteiger partial charge in [-0.15, -0.1) is 0 Å². The molecule has 1 N–H and O–H groups in total. The summed E-state index contributed by atoms with van der Waals surface area (Å²) in [4.78, 5) is 2.06. The Morgan fingerprint density at radius 1 is 0.875 bits per heavy atom. The minimum Gasteiger partial charge on any atom is -0.388 e. The predicted molar refractivity (Wildman–Crippen MR) is 96.6 cm³/mol. The van der Waals surface area contributed by atoms with Crippen LogP contribution in [0.1, 0.15) is 23.1 Å². The summed E-state index contributed by atoms with van der Waals surface area (Å²) >= 11 is 0. The van der Waals surface area contributed by atoms with Crippen molar-refractivity contribution in [3.63, 3.8) is 0 Å². The molecular weight excluding hydrogens is 301 g/mol. The van der Waals surface area contributed by atoms with Crippen LogP contribution in [0.2, 0.25) is 0 Å². The summed E-state index contributed by atoms with van der Waals surface area (Å²) in [6.45, 7) is 0.705. The van der Waals surface area contributed by atoms with Crippen molar-refractivity contribution in [2.24, 2.45) is 0 Å². The van der Waals surface area contributed by atoms with Gasteiger partial charge in [0.25, 0.3) is 0 Å². The molecule has 0 radical (unpaired) electrons. The lowest BCUT2D eigenvalue weighted by Gasteiger charge is -2.27. The predicted octanol–water partition coefficient (Wildman–Crippen LogP) is 4.36. The molecule has 0 unspecified atom stereocenters. The molecule has 24 heavy (non-hydrogen) atoms. The smallest absolute Gasteiger partial charge is 0.123 e. The molecule has 0 amide bonds. The lowest BCUT2D eigenvalue weighted by molar-refractivity contribution is 0.128. The molecule has 0 aliphatic carbocycles. The van der Waals surface area contributed by atoms with Crippen molar-refractivity contribution in [1.82, 2.24) is 4.90 Å². The van der Waals surface area contributed by atoms with Gasteiger partial charge in [-0.25, -0.2) is 4.39 Å². The van der Waals surface area contributed by atoms with E-state index in [0.29, 0.717) is 6.54 Å². The van der Waals surface area contributed by atoms with Gasteiger partial charge in [0.1, 0.15) is 5.82 Å². The number of rotatable bonds is 5. The lowest BCUT2D eigenvalue weighted by atomic mass is 9.87. The van der Waals surface area contributed by atoms with Crippen LogP contribution in [-0.2, 0) is 0 Å². The largest absolute Gasteiger partial charge is 0.388 e. The highest BCUT2D eigenvalue weighted by Crippen LogP contribution is 2.33. The minimum atomic E-state index is -0.686. The van der Waals surface area contributed by atoms with Gasteiger partial charge < -0.3 is 10.0 Å². The van der Waals surface area contributed by atoms with E-state index in [1.165, 1.54) is 17.5 Å². The minimum absolute atomic E-state index is 0.0879. The SMILES string of the molecule is CN(C)C[C@@H](c1ccc2ccccc2c1)[C@@H](O)c1ccc(F)cc1. The second kappa shape index (κ2) is 7.12. The third-order valence-corrected chi connectivity index (χ3v) is 4.36. The molecule has 0 saturated carbocycles. The van der Waals surface area contributed by atoms with Gasteiger partial charge in [0.2, 0.25) is 0 Å². The molecule has 3 rings (SSSR count). The maximum absolute atomic E-state index is 13.2. The zero-order chi connectivity index (χ0) is 17.1. The summed E-state index contributed by atoms with van der Waals surface area (Å²) < 4.78 is 13.2. The van der Waals surface area contributed by atoms with E-state index in [1.54, 1.807) is 12.1 Å². The van der Waals surface area contributed by atoms with Crippen molar-refractivity contribution in [3.8, 4) is 0 Å². The van der Waals surface area contributed by atoms with Crippen LogP contribution in [0.3, 0.4) is 0 Å². The summed E-state index contributed by atoms with van der Waals surface area (Å²) in [6, 6.07) is 20.6. The molecule has 0 spiro atoms. The molecule has 0 aliphatic rings. The zero-order valence-corrected chi connectivity index (χ0v) is 14.0. The second-order valence-electron chi connectivity index (χ2n) is 6.47. The summed E-state index contributed by atoms with van der Waals surface area (Å²) in [5.74, 6) is -0.379. The van der Waals surface area contributed by atoms with Crippen molar-refractivity contribution in [3.05, 3.63) is 83.7 Å². The summed E-state index contributed by atoms with van der Waals surface area (Å²) in [6.07, 6.45) is -0.686. The number of nitrogens with zero attached hydrogens (tertiary/aromatic N) is 1. The van der Waals surface area contributed by atoms with Crippen LogP contribution in [0, 0.1) is 5.82 Å². The Kier molecular flexibility index (Phi) is 4.93. The number of hydrogen-bond donors (Lipinski definition) is 1. The van der Waals surface area contributed by atoms with Gasteiger partial charge >= 0.3 is 0 Å². The van der Waals surface area contributed by atoms with Gasteiger partial charge in [-0.2, -0.15) is 0 Å². The number of fused-ring (bicyclic) bond motifs is 1. The Bertz CT molecular complexity index is 813. The Labute approximate surface area is 142 Å². The van der Waals surface area contributed by atoms with E-state index >= 15 is 0 Å². The quantitative estimate of drug-likeness (QED) is 0.754. The maximum Gasteiger partial charge on any atom is 0.123 e. The average molecular weight is 323 g/mol. The molecule has 3 heteroatoms. The lowest BCUT2D eigenvalue weighted by Crippen LogP contribution is -2.25. The number of aliphatic hydroxyl groups excluding tert-OH is 1. The van der Waals surface area contributed by atoms with Gasteiger partial charge in [-0.05, 0) is 48.1 Å². The molecule has 2 nitrogen and oxygen atoms in total. The van der Waals surface area contributed by atoms with Crippen molar-refractivity contribution in [2.45, 2.75) is 12.0 Å². The maximum atomic E-state index is 13.2. The van der Waals surface area contributed by atoms with Crippen LogP contribution in [0.25, 0.3) is 10.8 Å². The van der Waals surface area contributed by atoms with Crippen LogP contribution >= 0.6 is 0 Å². The number of aliphatic hydroxyl groups is 1. The third kappa shape index (κ3) is 3.64. The first kappa shape index (κ1) is 16.6. The summed E-state index contributed by atoms with van der Waals surface area (Å²) in [5.41, 5.74) is 1.82. The average Bonchev–Trinajstić information content (AvgIpc) is 2.59. The standard InChI is InChI=1S/C21H22FNO/c1-23(2)14-20(21(24)16-9-11-19(22)12-10-16)18-8-7-15-5-3-4-6-17(15)13-18/h3-13,20-21,24H,14H2,1-2H3/t20-,21-/m0/s1. The normalized spacial score (nSPS) is 14.0. The van der Waals surface area contributed by atoms with E-state index in [4.69, 9.17) is 0 Å². The summed E-state index contributed by atoms with van der Waals surface area (Å²) in [7, 11) is 3.98. The van der Waals surface area contributed by atoms with E-state index in [-0.39, 0.29) is 11.7 Å². The monoisotopic (exact) mass is 323 g/mol. The van der Waals surface area contributed by atoms with E-state index in [0.717, 1.165) is 16.5 Å². The fourth-order valence-electron chi connectivity index (χ4n) is 3.11. The summed E-state index contributed by atoms with van der Waals surface area (Å²) in [5, 5.41) is 13.2. The third-order valence-electron chi connectivity index (χ3n) is 4.36. The second-order valence-corrected chi connectivity index (χ2v) is 6.47. The topological polar surface area (TPSA) is 23.5 Å². The van der Waals surface area contributed by atoms with Crippen LogP contribution < -0.4 is 0 Å². The van der Waals surface area contributed by atoms with E-state index in [2.05, 4.69) is 35.2 Å². The molecule has 3 aromatic carbocycles. The van der Waals surface area contributed by atoms with Gasteiger partial charge in [0, 0.05) is 12.5 Å². The van der Waals surface area contributed by atoms with Gasteiger partial charge in [0.05, 0.1) is 6.10 Å². The molecule has 0 bridgehead atoms. The van der Waals surface area contributed by atoms with Crippen LogP contribution in [-0.4, -0.2) is 30.6 Å². The van der Waals surface area contributed by atoms with Crippen LogP contribution in [0.4, 0.5) is 4.39 Å². The van der Waals surface area contributed by atoms with E-state index in [1.807, 2.05) is 26.2 Å². The van der Waals surface area contributed by atoms with Gasteiger partial charge in [0.15, 0.2) is 0 Å². The number of halogens is 1. The molecule has 0 aromatic heterocycles. The Hall–Kier alpha value is -2.23. The fourth-order valence-corrected chi connectivity index (χ4v) is 3.11. The van der Waals surface area contributed by atoms with E-state index < -0.39 is 6.10 Å². The first-order valence-corrected chi connectivity index (χ1v) is 8.11. The van der Waals surface area contributed by atoms with Crippen molar-refractivity contribution in [2.75, 3.05) is 20.6 Å². The zero-order valence-electron chi connectivity index (χ0n) is 14.0. The van der Waals surface area contributed by atoms with E-state index in [9.17, 15) is 9.50 Å². The highest BCUT2D eigenvalue weighted by Gasteiger charge is 2.23. The molecule has 3 aromatic rings. The van der Waals surface area contributed by atoms with Crippen LogP contribution in [0.5, 0.6) is 0 Å². The molecule has 0 fully saturated rings.